The molecule has 0 aliphatic carbocycles. The van der Waals surface area contributed by atoms with Gasteiger partial charge in [-0.2, -0.15) is 13.2 Å². The van der Waals surface area contributed by atoms with Crippen molar-refractivity contribution in [3.8, 4) is 5.69 Å². The summed E-state index contributed by atoms with van der Waals surface area (Å²) in [6, 6.07) is 15.2. The van der Waals surface area contributed by atoms with Crippen molar-refractivity contribution in [2.45, 2.75) is 19.1 Å². The van der Waals surface area contributed by atoms with Crippen LogP contribution < -0.4 is 0 Å². The van der Waals surface area contributed by atoms with E-state index in [0.717, 1.165) is 30.3 Å². The van der Waals surface area contributed by atoms with Gasteiger partial charge in [0.15, 0.2) is 5.69 Å². The van der Waals surface area contributed by atoms with Gasteiger partial charge in [-0.05, 0) is 24.1 Å². The number of alkyl halides is 3. The molecule has 1 fully saturated rings. The van der Waals surface area contributed by atoms with E-state index in [4.69, 9.17) is 0 Å². The minimum Gasteiger partial charge on any atom is -0.336 e. The zero-order chi connectivity index (χ0) is 21.8. The van der Waals surface area contributed by atoms with Gasteiger partial charge < -0.3 is 4.90 Å². The fraction of sp³-hybridized carbons (Fsp3) is 0.318. The second-order valence-corrected chi connectivity index (χ2v) is 7.47. The second-order valence-electron chi connectivity index (χ2n) is 7.47. The molecule has 31 heavy (non-hydrogen) atoms. The second kappa shape index (κ2) is 8.89. The van der Waals surface area contributed by atoms with E-state index in [0.29, 0.717) is 19.6 Å². The molecule has 4 rings (SSSR count). The van der Waals surface area contributed by atoms with Crippen LogP contribution in [0.1, 0.15) is 28.0 Å². The molecule has 162 valence electrons. The van der Waals surface area contributed by atoms with E-state index in [-0.39, 0.29) is 17.3 Å². The zero-order valence-electron chi connectivity index (χ0n) is 16.8. The first-order valence-corrected chi connectivity index (χ1v) is 10.1. The Labute approximate surface area is 177 Å². The first kappa shape index (κ1) is 21.0. The third-order valence-electron chi connectivity index (χ3n) is 5.29. The number of rotatable bonds is 4. The van der Waals surface area contributed by atoms with Gasteiger partial charge in [0.1, 0.15) is 0 Å². The summed E-state index contributed by atoms with van der Waals surface area (Å²) in [6.07, 6.45) is -2.46. The van der Waals surface area contributed by atoms with Crippen LogP contribution in [0.25, 0.3) is 5.69 Å². The molecule has 1 aliphatic rings. The smallest absolute Gasteiger partial charge is 0.336 e. The molecule has 2 aromatic carbocycles. The maximum absolute atomic E-state index is 13.3. The van der Waals surface area contributed by atoms with Gasteiger partial charge in [-0.25, -0.2) is 4.68 Å². The lowest BCUT2D eigenvalue weighted by atomic mass is 10.1. The summed E-state index contributed by atoms with van der Waals surface area (Å²) < 4.78 is 40.9. The van der Waals surface area contributed by atoms with E-state index < -0.39 is 11.7 Å². The molecule has 6 nitrogen and oxygen atoms in total. The van der Waals surface area contributed by atoms with E-state index in [2.05, 4.69) is 27.3 Å². The van der Waals surface area contributed by atoms with Crippen molar-refractivity contribution in [2.75, 3.05) is 26.2 Å². The Balaban J connectivity index is 1.45. The molecular weight excluding hydrogens is 407 g/mol. The van der Waals surface area contributed by atoms with Gasteiger partial charge in [0.25, 0.3) is 5.91 Å². The molecule has 0 spiro atoms. The highest BCUT2D eigenvalue weighted by Gasteiger charge is 2.34. The number of hydrogen-bond donors (Lipinski definition) is 0. The highest BCUT2D eigenvalue weighted by atomic mass is 19.4. The molecule has 0 radical (unpaired) electrons. The molecule has 0 unspecified atom stereocenters. The molecular formula is C22H22F3N5O. The van der Waals surface area contributed by atoms with Crippen molar-refractivity contribution in [2.24, 2.45) is 0 Å². The van der Waals surface area contributed by atoms with Crippen LogP contribution in [-0.2, 0) is 12.7 Å². The van der Waals surface area contributed by atoms with Gasteiger partial charge in [0.05, 0.1) is 17.4 Å². The number of amides is 1. The van der Waals surface area contributed by atoms with Crippen LogP contribution in [0.5, 0.6) is 0 Å². The lowest BCUT2D eigenvalue weighted by Crippen LogP contribution is -2.35. The Hall–Kier alpha value is -3.20. The molecule has 3 aromatic rings. The number of carbonyl (C=O) groups is 1. The third-order valence-corrected chi connectivity index (χ3v) is 5.29. The summed E-state index contributed by atoms with van der Waals surface area (Å²) in [6.45, 7) is 3.48. The van der Waals surface area contributed by atoms with Crippen LogP contribution in [0.4, 0.5) is 13.2 Å². The molecule has 0 bridgehead atoms. The van der Waals surface area contributed by atoms with E-state index in [1.54, 1.807) is 4.90 Å². The first-order valence-electron chi connectivity index (χ1n) is 10.1. The average molecular weight is 429 g/mol. The van der Waals surface area contributed by atoms with Crippen LogP contribution in [0, 0.1) is 0 Å². The summed E-state index contributed by atoms with van der Waals surface area (Å²) in [5.41, 5.74) is 0.263. The summed E-state index contributed by atoms with van der Waals surface area (Å²) >= 11 is 0. The van der Waals surface area contributed by atoms with Gasteiger partial charge in [0.2, 0.25) is 0 Å². The Kier molecular flexibility index (Phi) is 6.03. The number of halogens is 3. The Morgan fingerprint density at radius 3 is 2.45 bits per heavy atom. The molecule has 1 saturated heterocycles. The van der Waals surface area contributed by atoms with Crippen LogP contribution in [0.2, 0.25) is 0 Å². The predicted molar refractivity (Wildman–Crippen MR) is 109 cm³/mol. The van der Waals surface area contributed by atoms with E-state index in [9.17, 15) is 18.0 Å². The van der Waals surface area contributed by atoms with Gasteiger partial charge in [-0.15, -0.1) is 5.10 Å². The number of aromatic nitrogens is 3. The van der Waals surface area contributed by atoms with Crippen molar-refractivity contribution in [3.05, 3.63) is 77.6 Å². The first-order chi connectivity index (χ1) is 14.9. The quantitative estimate of drug-likeness (QED) is 0.636. The van der Waals surface area contributed by atoms with Gasteiger partial charge in [-0.1, -0.05) is 47.7 Å². The minimum atomic E-state index is -4.53. The van der Waals surface area contributed by atoms with Crippen molar-refractivity contribution in [3.63, 3.8) is 0 Å². The molecule has 0 saturated carbocycles. The number of nitrogens with zero attached hydrogens (tertiary/aromatic N) is 5. The summed E-state index contributed by atoms with van der Waals surface area (Å²) in [4.78, 5) is 16.9. The Morgan fingerprint density at radius 1 is 0.935 bits per heavy atom. The van der Waals surface area contributed by atoms with Gasteiger partial charge in [0, 0.05) is 32.7 Å². The largest absolute Gasteiger partial charge is 0.418 e. The third kappa shape index (κ3) is 4.93. The Bertz CT molecular complexity index is 1030. The number of hydrogen-bond acceptors (Lipinski definition) is 4. The highest BCUT2D eigenvalue weighted by molar-refractivity contribution is 5.92. The number of para-hydroxylation sites is 1. The van der Waals surface area contributed by atoms with Crippen molar-refractivity contribution >= 4 is 5.91 Å². The number of benzene rings is 2. The fourth-order valence-corrected chi connectivity index (χ4v) is 3.73. The minimum absolute atomic E-state index is 0.0356. The number of carbonyl (C=O) groups excluding carboxylic acids is 1. The van der Waals surface area contributed by atoms with E-state index in [1.807, 2.05) is 18.2 Å². The molecule has 1 aromatic heterocycles. The zero-order valence-corrected chi connectivity index (χ0v) is 16.8. The summed E-state index contributed by atoms with van der Waals surface area (Å²) in [5, 5.41) is 7.63. The van der Waals surface area contributed by atoms with Gasteiger partial charge >= 0.3 is 6.18 Å². The molecule has 0 atom stereocenters. The highest BCUT2D eigenvalue weighted by Crippen LogP contribution is 2.33. The van der Waals surface area contributed by atoms with E-state index >= 15 is 0 Å². The predicted octanol–water partition coefficient (Wildman–Crippen LogP) is 3.63. The fourth-order valence-electron chi connectivity index (χ4n) is 3.73. The summed E-state index contributed by atoms with van der Waals surface area (Å²) in [7, 11) is 0. The lowest BCUT2D eigenvalue weighted by Gasteiger charge is -2.21. The lowest BCUT2D eigenvalue weighted by molar-refractivity contribution is -0.137. The van der Waals surface area contributed by atoms with E-state index in [1.165, 1.54) is 30.0 Å². The molecule has 1 aliphatic heterocycles. The normalized spacial score (nSPS) is 15.6. The SMILES string of the molecule is O=C(c1cn(-c2ccccc2C(F)(F)F)nn1)N1CCCN(Cc2ccccc2)CC1. The molecule has 1 amide bonds. The van der Waals surface area contributed by atoms with Crippen molar-refractivity contribution < 1.29 is 18.0 Å². The van der Waals surface area contributed by atoms with Crippen LogP contribution >= 0.6 is 0 Å². The van der Waals surface area contributed by atoms with Crippen LogP contribution in [0.15, 0.2) is 60.8 Å². The topological polar surface area (TPSA) is 54.3 Å². The van der Waals surface area contributed by atoms with Crippen molar-refractivity contribution in [1.82, 2.24) is 24.8 Å². The monoisotopic (exact) mass is 429 g/mol. The molecule has 2 heterocycles. The van der Waals surface area contributed by atoms with Gasteiger partial charge in [-0.3, -0.25) is 9.69 Å². The molecule has 9 heteroatoms. The summed E-state index contributed by atoms with van der Waals surface area (Å²) in [5.74, 6) is -0.322. The van der Waals surface area contributed by atoms with Crippen LogP contribution in [-0.4, -0.2) is 56.9 Å². The molecule has 0 N–H and O–H groups in total. The standard InChI is InChI=1S/C22H22F3N5O/c23-22(24,25)18-9-4-5-10-20(18)30-16-19(26-27-30)21(31)29-12-6-11-28(13-14-29)15-17-7-2-1-3-8-17/h1-5,7-10,16H,6,11-15H2. The Morgan fingerprint density at radius 2 is 1.68 bits per heavy atom. The maximum atomic E-state index is 13.3. The maximum Gasteiger partial charge on any atom is 0.418 e. The average Bonchev–Trinajstić information content (AvgIpc) is 3.14. The van der Waals surface area contributed by atoms with Crippen molar-refractivity contribution in [1.29, 1.82) is 0 Å². The van der Waals surface area contributed by atoms with Crippen LogP contribution in [0.3, 0.4) is 0 Å².